The zero-order valence-electron chi connectivity index (χ0n) is 20.2. The van der Waals surface area contributed by atoms with E-state index < -0.39 is 0 Å². The molecular weight excluding hydrogens is 437 g/mol. The lowest BCUT2D eigenvalue weighted by molar-refractivity contribution is 0.646. The van der Waals surface area contributed by atoms with Crippen molar-refractivity contribution in [3.8, 4) is 5.69 Å². The smallest absolute Gasteiger partial charge is 0.247 e. The van der Waals surface area contributed by atoms with Crippen LogP contribution in [0.2, 0.25) is 0 Å². The summed E-state index contributed by atoms with van der Waals surface area (Å²) in [5, 5.41) is 4.98. The summed E-state index contributed by atoms with van der Waals surface area (Å²) in [5.74, 6) is 0. The molecule has 0 saturated heterocycles. The minimum absolute atomic E-state index is 0.0615. The van der Waals surface area contributed by atoms with E-state index in [-0.39, 0.29) is 12.1 Å². The van der Waals surface area contributed by atoms with Crippen LogP contribution in [0.3, 0.4) is 0 Å². The first-order valence-corrected chi connectivity index (χ1v) is 12.7. The molecule has 9 rings (SSSR count). The first kappa shape index (κ1) is 19.0. The van der Waals surface area contributed by atoms with Gasteiger partial charge in [-0.3, -0.25) is 0 Å². The molecule has 4 heterocycles. The summed E-state index contributed by atoms with van der Waals surface area (Å²) in [4.78, 5) is 0. The van der Waals surface area contributed by atoms with Crippen LogP contribution in [0.25, 0.3) is 49.4 Å². The Balaban J connectivity index is 1.53. The number of benzene rings is 5. The lowest BCUT2D eigenvalue weighted by Gasteiger charge is -2.41. The van der Waals surface area contributed by atoms with Crippen molar-refractivity contribution in [2.45, 2.75) is 19.3 Å². The Hall–Kier alpha value is -4.24. The van der Waals surface area contributed by atoms with Gasteiger partial charge in [-0.1, -0.05) is 92.1 Å². The summed E-state index contributed by atoms with van der Waals surface area (Å²) in [5.41, 5.74) is 12.8. The Morgan fingerprint density at radius 2 is 1.42 bits per heavy atom. The summed E-state index contributed by atoms with van der Waals surface area (Å²) in [6.45, 7) is 5.00. The second kappa shape index (κ2) is 6.11. The quantitative estimate of drug-likeness (QED) is 0.249. The molecule has 0 aliphatic carbocycles. The van der Waals surface area contributed by atoms with Crippen LogP contribution in [0.1, 0.15) is 25.0 Å². The number of hydrogen-bond donors (Lipinski definition) is 0. The third-order valence-corrected chi connectivity index (χ3v) is 8.86. The van der Waals surface area contributed by atoms with Gasteiger partial charge in [-0.25, -0.2) is 0 Å². The van der Waals surface area contributed by atoms with Crippen molar-refractivity contribution in [1.29, 1.82) is 0 Å². The van der Waals surface area contributed by atoms with Gasteiger partial charge in [0.1, 0.15) is 11.2 Å². The van der Waals surface area contributed by atoms with Crippen LogP contribution in [0.4, 0.5) is 0 Å². The van der Waals surface area contributed by atoms with Gasteiger partial charge in [-0.05, 0) is 40.3 Å². The van der Waals surface area contributed by atoms with Crippen molar-refractivity contribution in [2.24, 2.45) is 0 Å². The SMILES string of the molecule is CC1(C)c2ccccc2B2c3ccccc3-n3c4cc5oc6ccccc6c5cc4c4ccc1c2c43. The highest BCUT2D eigenvalue weighted by atomic mass is 16.3. The molecule has 2 aliphatic heterocycles. The average Bonchev–Trinajstić information content (AvgIpc) is 3.43. The molecule has 0 N–H and O–H groups in total. The van der Waals surface area contributed by atoms with E-state index in [1.165, 1.54) is 65.8 Å². The molecule has 0 saturated carbocycles. The van der Waals surface area contributed by atoms with Crippen LogP contribution in [-0.4, -0.2) is 11.3 Å². The Kier molecular flexibility index (Phi) is 3.23. The van der Waals surface area contributed by atoms with E-state index in [4.69, 9.17) is 4.42 Å². The number of rotatable bonds is 0. The molecule has 0 radical (unpaired) electrons. The topological polar surface area (TPSA) is 18.1 Å². The minimum Gasteiger partial charge on any atom is -0.456 e. The minimum atomic E-state index is -0.0615. The highest BCUT2D eigenvalue weighted by molar-refractivity contribution is 6.99. The fourth-order valence-corrected chi connectivity index (χ4v) is 7.31. The van der Waals surface area contributed by atoms with Gasteiger partial charge in [0.15, 0.2) is 0 Å². The van der Waals surface area contributed by atoms with E-state index in [0.717, 1.165) is 11.2 Å². The van der Waals surface area contributed by atoms with E-state index in [9.17, 15) is 0 Å². The number of aromatic nitrogens is 1. The van der Waals surface area contributed by atoms with Crippen LogP contribution >= 0.6 is 0 Å². The lowest BCUT2D eigenvalue weighted by Crippen LogP contribution is -2.63. The summed E-state index contributed by atoms with van der Waals surface area (Å²) < 4.78 is 8.84. The van der Waals surface area contributed by atoms with E-state index in [1.807, 2.05) is 6.07 Å². The maximum absolute atomic E-state index is 6.34. The maximum Gasteiger partial charge on any atom is 0.247 e. The largest absolute Gasteiger partial charge is 0.456 e. The molecule has 0 spiro atoms. The third kappa shape index (κ3) is 2.04. The fourth-order valence-electron chi connectivity index (χ4n) is 7.31. The third-order valence-electron chi connectivity index (χ3n) is 8.86. The van der Waals surface area contributed by atoms with Crippen LogP contribution in [-0.2, 0) is 5.41 Å². The second-order valence-electron chi connectivity index (χ2n) is 10.9. The Bertz CT molecular complexity index is 2090. The molecule has 7 aromatic rings. The van der Waals surface area contributed by atoms with Gasteiger partial charge in [0, 0.05) is 44.2 Å². The molecule has 2 aromatic heterocycles. The van der Waals surface area contributed by atoms with E-state index in [0.29, 0.717) is 0 Å². The first-order chi connectivity index (χ1) is 17.6. The van der Waals surface area contributed by atoms with Crippen LogP contribution in [0.5, 0.6) is 0 Å². The summed E-state index contributed by atoms with van der Waals surface area (Å²) in [6.07, 6.45) is 0. The van der Waals surface area contributed by atoms with Gasteiger partial charge in [-0.2, -0.15) is 0 Å². The molecule has 2 aliphatic rings. The van der Waals surface area contributed by atoms with Crippen molar-refractivity contribution in [3.63, 3.8) is 0 Å². The van der Waals surface area contributed by atoms with Crippen molar-refractivity contribution >= 4 is 66.8 Å². The van der Waals surface area contributed by atoms with Crippen LogP contribution < -0.4 is 16.4 Å². The Morgan fingerprint density at radius 3 is 2.33 bits per heavy atom. The molecule has 0 fully saturated rings. The van der Waals surface area contributed by atoms with Crippen molar-refractivity contribution in [1.82, 2.24) is 4.57 Å². The predicted octanol–water partition coefficient (Wildman–Crippen LogP) is 6.15. The van der Waals surface area contributed by atoms with Crippen molar-refractivity contribution in [2.75, 3.05) is 0 Å². The zero-order chi connectivity index (χ0) is 23.8. The molecule has 168 valence electrons. The Labute approximate surface area is 208 Å². The summed E-state index contributed by atoms with van der Waals surface area (Å²) in [7, 11) is 0. The van der Waals surface area contributed by atoms with Crippen LogP contribution in [0.15, 0.2) is 101 Å². The number of para-hydroxylation sites is 2. The first-order valence-electron chi connectivity index (χ1n) is 12.7. The molecule has 0 bridgehead atoms. The number of hydrogen-bond acceptors (Lipinski definition) is 1. The number of fused-ring (bicyclic) bond motifs is 11. The van der Waals surface area contributed by atoms with Gasteiger partial charge in [0.2, 0.25) is 6.71 Å². The van der Waals surface area contributed by atoms with Gasteiger partial charge >= 0.3 is 0 Å². The van der Waals surface area contributed by atoms with Gasteiger partial charge < -0.3 is 8.98 Å². The monoisotopic (exact) mass is 459 g/mol. The number of nitrogens with zero attached hydrogens (tertiary/aromatic N) is 1. The van der Waals surface area contributed by atoms with Gasteiger partial charge in [0.05, 0.1) is 5.52 Å². The molecule has 5 aromatic carbocycles. The van der Waals surface area contributed by atoms with E-state index >= 15 is 0 Å². The van der Waals surface area contributed by atoms with Gasteiger partial charge in [-0.15, -0.1) is 0 Å². The zero-order valence-corrected chi connectivity index (χ0v) is 20.2. The summed E-state index contributed by atoms with van der Waals surface area (Å²) >= 11 is 0. The van der Waals surface area contributed by atoms with E-state index in [1.54, 1.807) is 0 Å². The molecule has 36 heavy (non-hydrogen) atoms. The lowest BCUT2D eigenvalue weighted by atomic mass is 9.30. The predicted molar refractivity (Wildman–Crippen MR) is 151 cm³/mol. The highest BCUT2D eigenvalue weighted by Crippen LogP contribution is 2.42. The molecule has 3 heteroatoms. The standard InChI is InChI=1S/C33H22BNO/c1-33(2)23-10-4-5-11-25(23)34-26-12-6-7-13-27(26)35-28-18-30-22(19-9-3-8-14-29(19)36-30)17-21(28)20-15-16-24(33)31(34)32(20)35/h3-18H,1-2H3. The van der Waals surface area contributed by atoms with Crippen LogP contribution in [0, 0.1) is 0 Å². The Morgan fingerprint density at radius 1 is 0.639 bits per heavy atom. The molecule has 0 amide bonds. The number of furan rings is 1. The maximum atomic E-state index is 6.34. The molecule has 2 nitrogen and oxygen atoms in total. The molecule has 0 atom stereocenters. The summed E-state index contributed by atoms with van der Waals surface area (Å²) in [6, 6.07) is 35.8. The average molecular weight is 459 g/mol. The normalized spacial score (nSPS) is 15.1. The fraction of sp³-hybridized carbons (Fsp3) is 0.0909. The van der Waals surface area contributed by atoms with E-state index in [2.05, 4.69) is 109 Å². The molecule has 0 unspecified atom stereocenters. The van der Waals surface area contributed by atoms with Crippen molar-refractivity contribution < 1.29 is 4.42 Å². The van der Waals surface area contributed by atoms with Gasteiger partial charge in [0.25, 0.3) is 0 Å². The second-order valence-corrected chi connectivity index (χ2v) is 10.9. The van der Waals surface area contributed by atoms with Crippen molar-refractivity contribution in [3.05, 3.63) is 108 Å². The highest BCUT2D eigenvalue weighted by Gasteiger charge is 2.44. The molecular formula is C33H22BNO.